The number of hydrogen-bond donors (Lipinski definition) is 1. The molecule has 0 radical (unpaired) electrons. The number of aryl methyl sites for hydroxylation is 1. The molecular formula is C31H29F3N4O. The van der Waals surface area contributed by atoms with E-state index in [0.29, 0.717) is 28.9 Å². The largest absolute Gasteiger partial charge is 0.416 e. The van der Waals surface area contributed by atoms with Crippen molar-refractivity contribution < 1.29 is 18.0 Å². The summed E-state index contributed by atoms with van der Waals surface area (Å²) < 4.78 is 42.3. The number of benzene rings is 2. The fourth-order valence-corrected chi connectivity index (χ4v) is 4.81. The van der Waals surface area contributed by atoms with Crippen LogP contribution in [0, 0.1) is 18.8 Å². The Morgan fingerprint density at radius 3 is 2.67 bits per heavy atom. The molecule has 4 aromatic rings. The Morgan fingerprint density at radius 1 is 1.05 bits per heavy atom. The number of anilines is 1. The number of ketones is 1. The lowest BCUT2D eigenvalue weighted by molar-refractivity contribution is -0.137. The Kier molecular flexibility index (Phi) is 7.71. The summed E-state index contributed by atoms with van der Waals surface area (Å²) in [5.74, 6) is 5.98. The number of nitrogens with one attached hydrogen (secondary N) is 1. The summed E-state index contributed by atoms with van der Waals surface area (Å²) in [6.45, 7) is 5.38. The second kappa shape index (κ2) is 11.3. The van der Waals surface area contributed by atoms with E-state index in [1.807, 2.05) is 41.8 Å². The van der Waals surface area contributed by atoms with Crippen molar-refractivity contribution in [2.75, 3.05) is 31.5 Å². The summed E-state index contributed by atoms with van der Waals surface area (Å²) in [7, 11) is 0. The molecule has 5 rings (SSSR count). The Hall–Kier alpha value is -4.09. The highest BCUT2D eigenvalue weighted by Gasteiger charge is 2.31. The normalized spacial score (nSPS) is 13.8. The van der Waals surface area contributed by atoms with Crippen molar-refractivity contribution in [2.45, 2.75) is 32.4 Å². The van der Waals surface area contributed by atoms with Crippen molar-refractivity contribution in [3.05, 3.63) is 101 Å². The van der Waals surface area contributed by atoms with Gasteiger partial charge in [0.1, 0.15) is 11.3 Å². The van der Waals surface area contributed by atoms with Crippen molar-refractivity contribution in [1.82, 2.24) is 14.3 Å². The Labute approximate surface area is 225 Å². The first-order valence-electron chi connectivity index (χ1n) is 13.0. The molecule has 0 spiro atoms. The molecule has 3 heterocycles. The molecule has 39 heavy (non-hydrogen) atoms. The number of carbonyl (C=O) groups is 1. The van der Waals surface area contributed by atoms with Gasteiger partial charge in [0.2, 0.25) is 0 Å². The zero-order valence-corrected chi connectivity index (χ0v) is 21.7. The van der Waals surface area contributed by atoms with E-state index in [0.717, 1.165) is 48.7 Å². The number of fused-ring (bicyclic) bond motifs is 1. The number of hydrogen-bond acceptors (Lipinski definition) is 4. The molecule has 200 valence electrons. The van der Waals surface area contributed by atoms with E-state index < -0.39 is 11.7 Å². The number of imidazole rings is 1. The number of pyridine rings is 1. The Morgan fingerprint density at radius 2 is 1.87 bits per heavy atom. The number of alkyl halides is 3. The van der Waals surface area contributed by atoms with E-state index in [4.69, 9.17) is 0 Å². The summed E-state index contributed by atoms with van der Waals surface area (Å²) in [5.41, 5.74) is 3.60. The first kappa shape index (κ1) is 26.5. The van der Waals surface area contributed by atoms with Crippen LogP contribution in [0.25, 0.3) is 5.65 Å². The molecule has 1 saturated heterocycles. The molecule has 0 amide bonds. The van der Waals surface area contributed by atoms with E-state index in [2.05, 4.69) is 27.0 Å². The van der Waals surface area contributed by atoms with Gasteiger partial charge in [-0.3, -0.25) is 9.20 Å². The van der Waals surface area contributed by atoms with Crippen molar-refractivity contribution in [3.63, 3.8) is 0 Å². The third-order valence-electron chi connectivity index (χ3n) is 7.03. The molecule has 1 aliphatic heterocycles. The molecule has 0 saturated carbocycles. The van der Waals surface area contributed by atoms with Crippen LogP contribution in [0.15, 0.2) is 67.0 Å². The smallest absolute Gasteiger partial charge is 0.384 e. The maximum atomic E-state index is 13.5. The van der Waals surface area contributed by atoms with E-state index >= 15 is 0 Å². The second-order valence-electron chi connectivity index (χ2n) is 9.80. The molecule has 0 bridgehead atoms. The topological polar surface area (TPSA) is 49.6 Å². The lowest BCUT2D eigenvalue weighted by Gasteiger charge is -2.18. The van der Waals surface area contributed by atoms with Crippen LogP contribution in [-0.2, 0) is 12.6 Å². The summed E-state index contributed by atoms with van der Waals surface area (Å²) in [6.07, 6.45) is 1.27. The molecule has 1 aliphatic rings. The number of aromatic nitrogens is 2. The van der Waals surface area contributed by atoms with Crippen molar-refractivity contribution in [2.24, 2.45) is 0 Å². The van der Waals surface area contributed by atoms with Crippen LogP contribution in [0.5, 0.6) is 0 Å². The van der Waals surface area contributed by atoms with Gasteiger partial charge in [0.25, 0.3) is 0 Å². The van der Waals surface area contributed by atoms with Gasteiger partial charge in [-0.25, -0.2) is 4.98 Å². The summed E-state index contributed by atoms with van der Waals surface area (Å²) in [6, 6.07) is 14.5. The van der Waals surface area contributed by atoms with Gasteiger partial charge >= 0.3 is 6.18 Å². The molecule has 2 aromatic heterocycles. The summed E-state index contributed by atoms with van der Waals surface area (Å²) in [4.78, 5) is 20.0. The first-order chi connectivity index (χ1) is 18.8. The first-order valence-corrected chi connectivity index (χ1v) is 13.0. The number of Topliss-reactive ketones (excluding diaryl/α,β-unsaturated/α-hetero) is 1. The fraction of sp³-hybridized carbons (Fsp3) is 0.290. The molecule has 1 N–H and O–H groups in total. The zero-order valence-electron chi connectivity index (χ0n) is 21.7. The van der Waals surface area contributed by atoms with Gasteiger partial charge in [0.15, 0.2) is 5.78 Å². The molecule has 2 aromatic carbocycles. The van der Waals surface area contributed by atoms with E-state index in [-0.39, 0.29) is 12.2 Å². The van der Waals surface area contributed by atoms with Crippen LogP contribution in [0.2, 0.25) is 0 Å². The maximum absolute atomic E-state index is 13.5. The fourth-order valence-electron chi connectivity index (χ4n) is 4.81. The Bertz CT molecular complexity index is 1560. The van der Waals surface area contributed by atoms with E-state index in [9.17, 15) is 18.0 Å². The number of rotatable bonds is 7. The molecule has 8 heteroatoms. The molecule has 0 atom stereocenters. The third kappa shape index (κ3) is 6.32. The van der Waals surface area contributed by atoms with Gasteiger partial charge < -0.3 is 10.2 Å². The molecular weight excluding hydrogens is 501 g/mol. The molecule has 5 nitrogen and oxygen atoms in total. The Balaban J connectivity index is 1.37. The molecule has 0 aliphatic carbocycles. The average Bonchev–Trinajstić information content (AvgIpc) is 3.58. The number of nitrogens with zero attached hydrogens (tertiary/aromatic N) is 3. The van der Waals surface area contributed by atoms with Crippen LogP contribution in [0.4, 0.5) is 18.9 Å². The minimum atomic E-state index is -4.49. The van der Waals surface area contributed by atoms with Crippen LogP contribution in [0.1, 0.15) is 51.1 Å². The lowest BCUT2D eigenvalue weighted by Crippen LogP contribution is -2.26. The molecule has 0 unspecified atom stereocenters. The van der Waals surface area contributed by atoms with Gasteiger partial charge in [-0.05, 0) is 86.3 Å². The predicted octanol–water partition coefficient (Wildman–Crippen LogP) is 5.99. The summed E-state index contributed by atoms with van der Waals surface area (Å²) in [5, 5.41) is 3.25. The number of carbonyl (C=O) groups excluding carboxylic acids is 1. The predicted molar refractivity (Wildman–Crippen MR) is 146 cm³/mol. The standard InChI is InChI=1S/C31H29F3N4O/c1-22-7-8-24(18-23(22)9-11-27-21-36-30-6-2-3-16-38(27)30)29(39)20-25-19-26(31(32,33)34)10-12-28(25)35-13-17-37-14-4-5-15-37/h2-3,6-8,10,12,16,18-19,21,35H,4-5,13-15,17,20H2,1H3. The summed E-state index contributed by atoms with van der Waals surface area (Å²) >= 11 is 0. The lowest BCUT2D eigenvalue weighted by atomic mass is 9.97. The third-order valence-corrected chi connectivity index (χ3v) is 7.03. The second-order valence-corrected chi connectivity index (χ2v) is 9.80. The minimum absolute atomic E-state index is 0.154. The monoisotopic (exact) mass is 530 g/mol. The highest BCUT2D eigenvalue weighted by molar-refractivity contribution is 5.98. The minimum Gasteiger partial charge on any atom is -0.384 e. The highest BCUT2D eigenvalue weighted by Crippen LogP contribution is 2.32. The number of halogens is 3. The van der Waals surface area contributed by atoms with Gasteiger partial charge in [-0.15, -0.1) is 0 Å². The molecule has 1 fully saturated rings. The van der Waals surface area contributed by atoms with Crippen LogP contribution >= 0.6 is 0 Å². The van der Waals surface area contributed by atoms with Crippen molar-refractivity contribution in [3.8, 4) is 11.8 Å². The SMILES string of the molecule is Cc1ccc(C(=O)Cc2cc(C(F)(F)F)ccc2NCCN2CCCC2)cc1C#Cc1cnc2ccccn12. The quantitative estimate of drug-likeness (QED) is 0.235. The van der Waals surface area contributed by atoms with Crippen LogP contribution < -0.4 is 5.32 Å². The van der Waals surface area contributed by atoms with Crippen LogP contribution in [0.3, 0.4) is 0 Å². The van der Waals surface area contributed by atoms with Crippen molar-refractivity contribution >= 4 is 17.1 Å². The van der Waals surface area contributed by atoms with Crippen molar-refractivity contribution in [1.29, 1.82) is 0 Å². The average molecular weight is 531 g/mol. The van der Waals surface area contributed by atoms with E-state index in [1.165, 1.54) is 18.9 Å². The van der Waals surface area contributed by atoms with Gasteiger partial charge in [0, 0.05) is 42.5 Å². The van der Waals surface area contributed by atoms with Crippen LogP contribution in [-0.4, -0.2) is 46.2 Å². The zero-order chi connectivity index (χ0) is 27.4. The number of likely N-dealkylation sites (tertiary alicyclic amines) is 1. The maximum Gasteiger partial charge on any atom is 0.416 e. The van der Waals surface area contributed by atoms with Gasteiger partial charge in [0.05, 0.1) is 11.8 Å². The van der Waals surface area contributed by atoms with Gasteiger partial charge in [-0.1, -0.05) is 24.1 Å². The van der Waals surface area contributed by atoms with Gasteiger partial charge in [-0.2, -0.15) is 13.2 Å². The highest BCUT2D eigenvalue weighted by atomic mass is 19.4. The van der Waals surface area contributed by atoms with E-state index in [1.54, 1.807) is 18.3 Å².